The number of hydrogen-bond acceptors (Lipinski definition) is 4. The summed E-state index contributed by atoms with van der Waals surface area (Å²) in [6.45, 7) is 1.72. The van der Waals surface area contributed by atoms with Crippen molar-refractivity contribution in [2.75, 3.05) is 5.73 Å². The van der Waals surface area contributed by atoms with Crippen molar-refractivity contribution in [3.63, 3.8) is 0 Å². The first-order valence-electron chi connectivity index (χ1n) is 6.08. The van der Waals surface area contributed by atoms with Crippen molar-refractivity contribution in [3.05, 3.63) is 54.1 Å². The Morgan fingerprint density at radius 2 is 1.95 bits per heavy atom. The molecule has 3 nitrogen and oxygen atoms in total. The molecule has 0 aliphatic rings. The van der Waals surface area contributed by atoms with Crippen molar-refractivity contribution in [3.8, 4) is 0 Å². The summed E-state index contributed by atoms with van der Waals surface area (Å²) in [6, 6.07) is 10.9. The molecule has 5 heteroatoms. The average molecular weight is 285 g/mol. The maximum atomic E-state index is 13.4. The normalized spacial score (nSPS) is 10.9. The minimum Gasteiger partial charge on any atom is -0.398 e. The fraction of sp³-hybridized carbons (Fsp3) is 0.0667. The average Bonchev–Trinajstić information content (AvgIpc) is 2.45. The van der Waals surface area contributed by atoms with E-state index in [9.17, 15) is 4.39 Å². The van der Waals surface area contributed by atoms with E-state index in [0.717, 1.165) is 20.8 Å². The number of benzene rings is 2. The van der Waals surface area contributed by atoms with Gasteiger partial charge in [0.2, 0.25) is 0 Å². The van der Waals surface area contributed by atoms with Crippen LogP contribution in [0.3, 0.4) is 0 Å². The Hall–Kier alpha value is -2.14. The summed E-state index contributed by atoms with van der Waals surface area (Å²) >= 11 is 1.42. The van der Waals surface area contributed by atoms with E-state index in [1.807, 2.05) is 24.3 Å². The predicted octanol–water partition coefficient (Wildman–Crippen LogP) is 3.81. The van der Waals surface area contributed by atoms with Gasteiger partial charge in [0.1, 0.15) is 17.2 Å². The summed E-state index contributed by atoms with van der Waals surface area (Å²) in [5.41, 5.74) is 7.74. The van der Waals surface area contributed by atoms with Crippen LogP contribution in [-0.4, -0.2) is 9.97 Å². The molecule has 0 saturated heterocycles. The summed E-state index contributed by atoms with van der Waals surface area (Å²) in [7, 11) is 0. The molecule has 3 aromatic rings. The van der Waals surface area contributed by atoms with E-state index in [2.05, 4.69) is 9.97 Å². The maximum absolute atomic E-state index is 13.4. The SMILES string of the molecule is Cc1cc(Sc2ncnc3ccccc23)c(N)cc1F. The number of nitrogens with two attached hydrogens (primary N) is 1. The van der Waals surface area contributed by atoms with Gasteiger partial charge in [-0.05, 0) is 30.7 Å². The van der Waals surface area contributed by atoms with Crippen LogP contribution in [0, 0.1) is 12.7 Å². The lowest BCUT2D eigenvalue weighted by Crippen LogP contribution is -1.94. The van der Waals surface area contributed by atoms with E-state index < -0.39 is 0 Å². The van der Waals surface area contributed by atoms with Gasteiger partial charge in [-0.25, -0.2) is 14.4 Å². The van der Waals surface area contributed by atoms with Crippen LogP contribution in [-0.2, 0) is 0 Å². The highest BCUT2D eigenvalue weighted by Crippen LogP contribution is 2.35. The van der Waals surface area contributed by atoms with Gasteiger partial charge in [-0.15, -0.1) is 0 Å². The van der Waals surface area contributed by atoms with Crippen LogP contribution in [0.25, 0.3) is 10.9 Å². The van der Waals surface area contributed by atoms with Gasteiger partial charge >= 0.3 is 0 Å². The Balaban J connectivity index is 2.08. The molecule has 0 unspecified atom stereocenters. The number of nitrogen functional groups attached to an aromatic ring is 1. The Bertz CT molecular complexity index is 784. The molecular weight excluding hydrogens is 273 g/mol. The summed E-state index contributed by atoms with van der Waals surface area (Å²) in [4.78, 5) is 9.32. The Morgan fingerprint density at radius 3 is 2.80 bits per heavy atom. The zero-order chi connectivity index (χ0) is 14.1. The first kappa shape index (κ1) is 12.9. The number of anilines is 1. The quantitative estimate of drug-likeness (QED) is 0.574. The fourth-order valence-corrected chi connectivity index (χ4v) is 2.93. The number of aromatic nitrogens is 2. The zero-order valence-corrected chi connectivity index (χ0v) is 11.6. The molecular formula is C15H12FN3S. The van der Waals surface area contributed by atoms with Crippen LogP contribution in [0.5, 0.6) is 0 Å². The molecule has 0 spiro atoms. The largest absolute Gasteiger partial charge is 0.398 e. The lowest BCUT2D eigenvalue weighted by molar-refractivity contribution is 0.618. The van der Waals surface area contributed by atoms with Crippen molar-refractivity contribution in [2.45, 2.75) is 16.8 Å². The Kier molecular flexibility index (Phi) is 3.28. The van der Waals surface area contributed by atoms with Crippen molar-refractivity contribution in [1.29, 1.82) is 0 Å². The van der Waals surface area contributed by atoms with E-state index in [4.69, 9.17) is 5.73 Å². The first-order chi connectivity index (χ1) is 9.65. The summed E-state index contributed by atoms with van der Waals surface area (Å²) in [5.74, 6) is -0.292. The number of aryl methyl sites for hydroxylation is 1. The maximum Gasteiger partial charge on any atom is 0.128 e. The molecule has 0 atom stereocenters. The molecule has 20 heavy (non-hydrogen) atoms. The number of halogens is 1. The number of fused-ring (bicyclic) bond motifs is 1. The third-order valence-corrected chi connectivity index (χ3v) is 4.10. The summed E-state index contributed by atoms with van der Waals surface area (Å²) in [5, 5.41) is 1.77. The fourth-order valence-electron chi connectivity index (χ4n) is 1.92. The highest BCUT2D eigenvalue weighted by atomic mass is 32.2. The summed E-state index contributed by atoms with van der Waals surface area (Å²) in [6.07, 6.45) is 1.53. The molecule has 3 rings (SSSR count). The Labute approximate surface area is 120 Å². The molecule has 0 aliphatic carbocycles. The third-order valence-electron chi connectivity index (χ3n) is 3.00. The molecule has 0 fully saturated rings. The van der Waals surface area contributed by atoms with Gasteiger partial charge in [-0.1, -0.05) is 30.0 Å². The third kappa shape index (κ3) is 2.32. The Morgan fingerprint density at radius 1 is 1.15 bits per heavy atom. The minimum absolute atomic E-state index is 0.292. The number of nitrogens with zero attached hydrogens (tertiary/aromatic N) is 2. The highest BCUT2D eigenvalue weighted by molar-refractivity contribution is 7.99. The molecule has 0 bridgehead atoms. The van der Waals surface area contributed by atoms with Crippen molar-refractivity contribution >= 4 is 28.4 Å². The van der Waals surface area contributed by atoms with Gasteiger partial charge in [0, 0.05) is 16.0 Å². The molecule has 0 radical (unpaired) electrons. The second-order valence-electron chi connectivity index (χ2n) is 4.44. The van der Waals surface area contributed by atoms with E-state index in [-0.39, 0.29) is 5.82 Å². The van der Waals surface area contributed by atoms with E-state index in [1.165, 1.54) is 24.2 Å². The standard InChI is InChI=1S/C15H12FN3S/c1-9-6-14(12(17)7-11(9)16)20-15-10-4-2-3-5-13(10)18-8-19-15/h2-8H,17H2,1H3. The molecule has 100 valence electrons. The van der Waals surface area contributed by atoms with E-state index in [0.29, 0.717) is 11.3 Å². The van der Waals surface area contributed by atoms with Crippen LogP contribution < -0.4 is 5.73 Å². The van der Waals surface area contributed by atoms with Crippen LogP contribution in [0.15, 0.2) is 52.6 Å². The molecule has 2 N–H and O–H groups in total. The van der Waals surface area contributed by atoms with Crippen molar-refractivity contribution in [1.82, 2.24) is 9.97 Å². The molecule has 1 heterocycles. The monoisotopic (exact) mass is 285 g/mol. The van der Waals surface area contributed by atoms with Gasteiger partial charge in [0.05, 0.1) is 5.52 Å². The smallest absolute Gasteiger partial charge is 0.128 e. The van der Waals surface area contributed by atoms with Gasteiger partial charge in [0.15, 0.2) is 0 Å². The number of rotatable bonds is 2. The van der Waals surface area contributed by atoms with Crippen LogP contribution >= 0.6 is 11.8 Å². The first-order valence-corrected chi connectivity index (χ1v) is 6.90. The topological polar surface area (TPSA) is 51.8 Å². The lowest BCUT2D eigenvalue weighted by Gasteiger charge is -2.08. The minimum atomic E-state index is -0.292. The highest BCUT2D eigenvalue weighted by Gasteiger charge is 2.10. The molecule has 2 aromatic carbocycles. The molecule has 0 saturated carbocycles. The van der Waals surface area contributed by atoms with Crippen LogP contribution in [0.2, 0.25) is 0 Å². The van der Waals surface area contributed by atoms with Crippen molar-refractivity contribution in [2.24, 2.45) is 0 Å². The molecule has 0 aliphatic heterocycles. The van der Waals surface area contributed by atoms with Gasteiger partial charge in [-0.2, -0.15) is 0 Å². The molecule has 0 amide bonds. The van der Waals surface area contributed by atoms with Crippen LogP contribution in [0.4, 0.5) is 10.1 Å². The number of hydrogen-bond donors (Lipinski definition) is 1. The summed E-state index contributed by atoms with van der Waals surface area (Å²) < 4.78 is 13.4. The second kappa shape index (κ2) is 5.09. The second-order valence-corrected chi connectivity index (χ2v) is 5.47. The van der Waals surface area contributed by atoms with E-state index >= 15 is 0 Å². The van der Waals surface area contributed by atoms with Gasteiger partial charge < -0.3 is 5.73 Å². The lowest BCUT2D eigenvalue weighted by atomic mass is 10.2. The van der Waals surface area contributed by atoms with E-state index in [1.54, 1.807) is 13.0 Å². The van der Waals surface area contributed by atoms with Crippen molar-refractivity contribution < 1.29 is 4.39 Å². The van der Waals surface area contributed by atoms with Gasteiger partial charge in [0.25, 0.3) is 0 Å². The van der Waals surface area contributed by atoms with Crippen LogP contribution in [0.1, 0.15) is 5.56 Å². The van der Waals surface area contributed by atoms with Gasteiger partial charge in [-0.3, -0.25) is 0 Å². The molecule has 1 aromatic heterocycles. The zero-order valence-electron chi connectivity index (χ0n) is 10.8. The number of para-hydroxylation sites is 1. The predicted molar refractivity (Wildman–Crippen MR) is 79.2 cm³/mol.